The Hall–Kier alpha value is -0.370. The molecule has 0 aliphatic heterocycles. The van der Waals surface area contributed by atoms with Gasteiger partial charge in [-0.15, -0.1) is 0 Å². The highest BCUT2D eigenvalue weighted by Crippen LogP contribution is 2.37. The summed E-state index contributed by atoms with van der Waals surface area (Å²) in [5.41, 5.74) is 6.04. The van der Waals surface area contributed by atoms with Crippen molar-refractivity contribution in [3.63, 3.8) is 0 Å². The van der Waals surface area contributed by atoms with E-state index in [9.17, 15) is 4.79 Å². The van der Waals surface area contributed by atoms with Crippen molar-refractivity contribution < 1.29 is 4.79 Å². The van der Waals surface area contributed by atoms with E-state index in [1.54, 1.807) is 0 Å². The second-order valence-corrected chi connectivity index (χ2v) is 6.22. The summed E-state index contributed by atoms with van der Waals surface area (Å²) in [6.45, 7) is 4.56. The van der Waals surface area contributed by atoms with Crippen LogP contribution in [0.1, 0.15) is 52.4 Å². The zero-order chi connectivity index (χ0) is 11.7. The third-order valence-electron chi connectivity index (χ3n) is 4.52. The van der Waals surface area contributed by atoms with Crippen LogP contribution in [-0.4, -0.2) is 11.8 Å². The fourth-order valence-corrected chi connectivity index (χ4v) is 3.82. The van der Waals surface area contributed by atoms with Crippen LogP contribution in [-0.2, 0) is 4.79 Å². The number of carbonyl (C=O) groups excluding carboxylic acids is 1. The second-order valence-electron chi connectivity index (χ2n) is 6.22. The zero-order valence-corrected chi connectivity index (χ0v) is 10.6. The molecule has 2 nitrogen and oxygen atoms in total. The van der Waals surface area contributed by atoms with Gasteiger partial charge in [-0.1, -0.05) is 20.3 Å². The van der Waals surface area contributed by atoms with Crippen LogP contribution in [0.2, 0.25) is 0 Å². The Bertz CT molecular complexity index is 253. The van der Waals surface area contributed by atoms with Gasteiger partial charge in [0.15, 0.2) is 0 Å². The van der Waals surface area contributed by atoms with E-state index in [2.05, 4.69) is 13.8 Å². The number of nitrogens with two attached hydrogens (primary N) is 1. The van der Waals surface area contributed by atoms with Gasteiger partial charge >= 0.3 is 0 Å². The normalized spacial score (nSPS) is 44.6. The predicted octanol–water partition coefficient (Wildman–Crippen LogP) is 2.76. The molecule has 0 radical (unpaired) electrons. The molecular weight excluding hydrogens is 198 g/mol. The Labute approximate surface area is 99.0 Å². The fraction of sp³-hybridized carbons (Fsp3) is 0.929. The summed E-state index contributed by atoms with van der Waals surface area (Å²) in [6, 6.07) is 0.153. The van der Waals surface area contributed by atoms with E-state index in [-0.39, 0.29) is 12.0 Å². The van der Waals surface area contributed by atoms with E-state index in [1.165, 1.54) is 6.42 Å². The van der Waals surface area contributed by atoms with Crippen LogP contribution in [0.25, 0.3) is 0 Å². The molecule has 16 heavy (non-hydrogen) atoms. The van der Waals surface area contributed by atoms with Crippen LogP contribution >= 0.6 is 0 Å². The van der Waals surface area contributed by atoms with E-state index in [4.69, 9.17) is 5.73 Å². The lowest BCUT2D eigenvalue weighted by atomic mass is 9.72. The minimum atomic E-state index is 0.153. The smallest absolute Gasteiger partial charge is 0.140 e. The van der Waals surface area contributed by atoms with E-state index < -0.39 is 0 Å². The molecule has 2 saturated carbocycles. The molecule has 0 spiro atoms. The Morgan fingerprint density at radius 1 is 1.06 bits per heavy atom. The molecular formula is C14H25NO. The largest absolute Gasteiger partial charge is 0.327 e. The Morgan fingerprint density at radius 2 is 1.69 bits per heavy atom. The molecule has 2 fully saturated rings. The molecule has 0 bridgehead atoms. The highest BCUT2D eigenvalue weighted by Gasteiger charge is 2.37. The third kappa shape index (κ3) is 2.48. The first-order valence-corrected chi connectivity index (χ1v) is 6.87. The summed E-state index contributed by atoms with van der Waals surface area (Å²) >= 11 is 0. The lowest BCUT2D eigenvalue weighted by Gasteiger charge is -2.32. The van der Waals surface area contributed by atoms with E-state index >= 15 is 0 Å². The molecule has 2 rings (SSSR count). The minimum absolute atomic E-state index is 0.153. The first-order valence-electron chi connectivity index (χ1n) is 6.87. The number of hydrogen-bond donors (Lipinski definition) is 1. The molecule has 4 atom stereocenters. The summed E-state index contributed by atoms with van der Waals surface area (Å²) in [5.74, 6) is 2.42. The summed E-state index contributed by atoms with van der Waals surface area (Å²) < 4.78 is 0. The average molecular weight is 223 g/mol. The van der Waals surface area contributed by atoms with Gasteiger partial charge in [0, 0.05) is 17.9 Å². The molecule has 0 amide bonds. The van der Waals surface area contributed by atoms with Crippen LogP contribution < -0.4 is 5.73 Å². The molecule has 0 aromatic rings. The molecule has 92 valence electrons. The van der Waals surface area contributed by atoms with Crippen molar-refractivity contribution in [1.82, 2.24) is 0 Å². The van der Waals surface area contributed by atoms with Crippen molar-refractivity contribution >= 4 is 5.78 Å². The van der Waals surface area contributed by atoms with Crippen LogP contribution in [0.15, 0.2) is 0 Å². The molecule has 2 N–H and O–H groups in total. The Kier molecular flexibility index (Phi) is 3.68. The first kappa shape index (κ1) is 12.1. The third-order valence-corrected chi connectivity index (χ3v) is 4.52. The van der Waals surface area contributed by atoms with Crippen molar-refractivity contribution in [3.8, 4) is 0 Å². The number of ketones is 1. The number of carbonyl (C=O) groups is 1. The van der Waals surface area contributed by atoms with Gasteiger partial charge in [-0.3, -0.25) is 4.79 Å². The van der Waals surface area contributed by atoms with Crippen molar-refractivity contribution in [3.05, 3.63) is 0 Å². The maximum absolute atomic E-state index is 12.4. The van der Waals surface area contributed by atoms with Crippen molar-refractivity contribution in [1.29, 1.82) is 0 Å². The molecule has 2 aliphatic rings. The highest BCUT2D eigenvalue weighted by atomic mass is 16.1. The van der Waals surface area contributed by atoms with Gasteiger partial charge in [0.1, 0.15) is 5.78 Å². The highest BCUT2D eigenvalue weighted by molar-refractivity contribution is 5.84. The number of Topliss-reactive ketones (excluding diaryl/α,β-unsaturated/α-hetero) is 1. The van der Waals surface area contributed by atoms with E-state index in [1.807, 2.05) is 0 Å². The van der Waals surface area contributed by atoms with Gasteiger partial charge in [-0.05, 0) is 43.9 Å². The van der Waals surface area contributed by atoms with Crippen LogP contribution in [0.5, 0.6) is 0 Å². The molecule has 2 aliphatic carbocycles. The summed E-state index contributed by atoms with van der Waals surface area (Å²) in [5, 5.41) is 0. The summed E-state index contributed by atoms with van der Waals surface area (Å²) in [4.78, 5) is 12.4. The molecule has 4 unspecified atom stereocenters. The lowest BCUT2D eigenvalue weighted by molar-refractivity contribution is -0.129. The molecule has 2 heteroatoms. The summed E-state index contributed by atoms with van der Waals surface area (Å²) in [6.07, 6.45) is 6.74. The quantitative estimate of drug-likeness (QED) is 0.782. The molecule has 0 heterocycles. The second kappa shape index (κ2) is 4.87. The topological polar surface area (TPSA) is 43.1 Å². The Balaban J connectivity index is 1.98. The van der Waals surface area contributed by atoms with Crippen LogP contribution in [0.4, 0.5) is 0 Å². The molecule has 0 saturated heterocycles. The van der Waals surface area contributed by atoms with Gasteiger partial charge < -0.3 is 5.73 Å². The minimum Gasteiger partial charge on any atom is -0.327 e. The molecule has 0 aromatic carbocycles. The van der Waals surface area contributed by atoms with Gasteiger partial charge in [0.25, 0.3) is 0 Å². The van der Waals surface area contributed by atoms with Gasteiger partial charge in [0.2, 0.25) is 0 Å². The zero-order valence-electron chi connectivity index (χ0n) is 10.6. The average Bonchev–Trinajstić information content (AvgIpc) is 2.62. The van der Waals surface area contributed by atoms with Crippen molar-refractivity contribution in [2.45, 2.75) is 58.4 Å². The first-order chi connectivity index (χ1) is 7.58. The van der Waals surface area contributed by atoms with E-state index in [0.717, 1.165) is 43.9 Å². The van der Waals surface area contributed by atoms with Crippen LogP contribution in [0, 0.1) is 23.7 Å². The van der Waals surface area contributed by atoms with Gasteiger partial charge in [-0.2, -0.15) is 0 Å². The fourth-order valence-electron chi connectivity index (χ4n) is 3.82. The van der Waals surface area contributed by atoms with Gasteiger partial charge in [0.05, 0.1) is 0 Å². The summed E-state index contributed by atoms with van der Waals surface area (Å²) in [7, 11) is 0. The van der Waals surface area contributed by atoms with Crippen molar-refractivity contribution in [2.24, 2.45) is 29.4 Å². The Morgan fingerprint density at radius 3 is 2.19 bits per heavy atom. The maximum atomic E-state index is 12.4. The van der Waals surface area contributed by atoms with Gasteiger partial charge in [-0.25, -0.2) is 0 Å². The monoisotopic (exact) mass is 223 g/mol. The van der Waals surface area contributed by atoms with Crippen molar-refractivity contribution in [2.75, 3.05) is 0 Å². The number of hydrogen-bond acceptors (Lipinski definition) is 2. The standard InChI is InChI=1S/C14H25NO/c1-9-6-10(2)8-11(7-9)14(16)12-4-3-5-13(12)15/h9-13H,3-8,15H2,1-2H3. The number of rotatable bonds is 2. The van der Waals surface area contributed by atoms with Crippen LogP contribution in [0.3, 0.4) is 0 Å². The lowest BCUT2D eigenvalue weighted by Crippen LogP contribution is -2.37. The predicted molar refractivity (Wildman–Crippen MR) is 66.0 cm³/mol. The molecule has 0 aromatic heterocycles. The van der Waals surface area contributed by atoms with E-state index in [0.29, 0.717) is 11.7 Å². The SMILES string of the molecule is CC1CC(C)CC(C(=O)C2CCCC2N)C1. The maximum Gasteiger partial charge on any atom is 0.140 e.